The fourth-order valence-electron chi connectivity index (χ4n) is 1.97. The molecule has 2 aromatic rings. The molecule has 0 radical (unpaired) electrons. The van der Waals surface area contributed by atoms with Gasteiger partial charge in [0.25, 0.3) is 5.91 Å². The van der Waals surface area contributed by atoms with Crippen LogP contribution in [0.2, 0.25) is 0 Å². The quantitative estimate of drug-likeness (QED) is 0.854. The van der Waals surface area contributed by atoms with Crippen molar-refractivity contribution in [2.45, 2.75) is 20.3 Å². The molecule has 112 valence electrons. The summed E-state index contributed by atoms with van der Waals surface area (Å²) >= 11 is 0. The first-order valence-corrected chi connectivity index (χ1v) is 7.00. The molecular weight excluding hydrogens is 266 g/mol. The summed E-state index contributed by atoms with van der Waals surface area (Å²) in [6.07, 6.45) is 6.03. The summed E-state index contributed by atoms with van der Waals surface area (Å²) in [7, 11) is 0. The van der Waals surface area contributed by atoms with Crippen LogP contribution in [0.4, 0.5) is 0 Å². The van der Waals surface area contributed by atoms with Crippen LogP contribution in [0.15, 0.2) is 42.9 Å². The SMILES string of the molecule is CC(C)(CCO)CNC(=O)c1ccc(-n2cccc2)nc1. The van der Waals surface area contributed by atoms with E-state index in [2.05, 4.69) is 10.3 Å². The second-order valence-electron chi connectivity index (χ2n) is 5.82. The van der Waals surface area contributed by atoms with Crippen molar-refractivity contribution in [3.8, 4) is 5.82 Å². The number of hydrogen-bond acceptors (Lipinski definition) is 3. The van der Waals surface area contributed by atoms with Gasteiger partial charge in [-0.25, -0.2) is 4.98 Å². The zero-order valence-electron chi connectivity index (χ0n) is 12.4. The number of rotatable bonds is 6. The molecule has 2 heterocycles. The van der Waals surface area contributed by atoms with Gasteiger partial charge in [-0.1, -0.05) is 13.8 Å². The molecule has 0 bridgehead atoms. The number of pyridine rings is 1. The number of nitrogens with zero attached hydrogens (tertiary/aromatic N) is 2. The van der Waals surface area contributed by atoms with Gasteiger partial charge in [0, 0.05) is 31.7 Å². The molecule has 2 rings (SSSR count). The van der Waals surface area contributed by atoms with Gasteiger partial charge in [0.2, 0.25) is 0 Å². The maximum Gasteiger partial charge on any atom is 0.252 e. The van der Waals surface area contributed by atoms with E-state index < -0.39 is 0 Å². The molecule has 0 aliphatic heterocycles. The topological polar surface area (TPSA) is 67.2 Å². The number of carbonyl (C=O) groups is 1. The molecule has 0 unspecified atom stereocenters. The number of carbonyl (C=O) groups excluding carboxylic acids is 1. The van der Waals surface area contributed by atoms with Crippen LogP contribution in [0.25, 0.3) is 5.82 Å². The third-order valence-corrected chi connectivity index (χ3v) is 3.40. The summed E-state index contributed by atoms with van der Waals surface area (Å²) < 4.78 is 1.88. The Bertz CT molecular complexity index is 574. The fourth-order valence-corrected chi connectivity index (χ4v) is 1.97. The Balaban J connectivity index is 1.97. The molecule has 1 amide bonds. The van der Waals surface area contributed by atoms with Crippen LogP contribution in [0.1, 0.15) is 30.6 Å². The Kier molecular flexibility index (Phi) is 4.75. The molecule has 2 N–H and O–H groups in total. The van der Waals surface area contributed by atoms with Crippen molar-refractivity contribution in [2.75, 3.05) is 13.2 Å². The molecule has 0 spiro atoms. The van der Waals surface area contributed by atoms with Crippen molar-refractivity contribution in [2.24, 2.45) is 5.41 Å². The predicted molar refractivity (Wildman–Crippen MR) is 81.4 cm³/mol. The van der Waals surface area contributed by atoms with Crippen molar-refractivity contribution in [3.63, 3.8) is 0 Å². The van der Waals surface area contributed by atoms with Crippen LogP contribution < -0.4 is 5.32 Å². The molecule has 0 aliphatic rings. The average Bonchev–Trinajstić information content (AvgIpc) is 2.99. The summed E-state index contributed by atoms with van der Waals surface area (Å²) in [5.74, 6) is 0.629. The minimum absolute atomic E-state index is 0.121. The molecule has 0 fully saturated rings. The molecule has 2 aromatic heterocycles. The van der Waals surface area contributed by atoms with Crippen molar-refractivity contribution in [1.82, 2.24) is 14.9 Å². The molecule has 0 atom stereocenters. The Hall–Kier alpha value is -2.14. The maximum atomic E-state index is 12.1. The lowest BCUT2D eigenvalue weighted by atomic mass is 9.90. The van der Waals surface area contributed by atoms with Gasteiger partial charge in [-0.3, -0.25) is 4.79 Å². The summed E-state index contributed by atoms with van der Waals surface area (Å²) in [5, 5.41) is 11.9. The number of aliphatic hydroxyl groups excluding tert-OH is 1. The third kappa shape index (κ3) is 4.16. The summed E-state index contributed by atoms with van der Waals surface area (Å²) in [5.41, 5.74) is 0.411. The number of nitrogens with one attached hydrogen (secondary N) is 1. The van der Waals surface area contributed by atoms with Gasteiger partial charge in [0.15, 0.2) is 0 Å². The smallest absolute Gasteiger partial charge is 0.252 e. The van der Waals surface area contributed by atoms with Gasteiger partial charge in [-0.2, -0.15) is 0 Å². The van der Waals surface area contributed by atoms with Crippen molar-refractivity contribution in [3.05, 3.63) is 48.4 Å². The fraction of sp³-hybridized carbons (Fsp3) is 0.375. The Morgan fingerprint density at radius 1 is 1.33 bits per heavy atom. The van der Waals surface area contributed by atoms with Gasteiger partial charge in [-0.15, -0.1) is 0 Å². The second-order valence-corrected chi connectivity index (χ2v) is 5.82. The van der Waals surface area contributed by atoms with Crippen molar-refractivity contribution < 1.29 is 9.90 Å². The van der Waals surface area contributed by atoms with Gasteiger partial charge in [-0.05, 0) is 36.1 Å². The summed E-state index contributed by atoms with van der Waals surface area (Å²) in [6, 6.07) is 7.42. The van der Waals surface area contributed by atoms with Crippen LogP contribution in [0, 0.1) is 5.41 Å². The molecule has 21 heavy (non-hydrogen) atoms. The Labute approximate surface area is 124 Å². The zero-order valence-corrected chi connectivity index (χ0v) is 12.4. The highest BCUT2D eigenvalue weighted by Crippen LogP contribution is 2.18. The van der Waals surface area contributed by atoms with Crippen LogP contribution in [-0.4, -0.2) is 33.7 Å². The standard InChI is InChI=1S/C16H21N3O2/c1-16(2,7-10-20)12-18-15(21)13-5-6-14(17-11-13)19-8-3-4-9-19/h3-6,8-9,11,20H,7,10,12H2,1-2H3,(H,18,21). The van der Waals surface area contributed by atoms with Crippen LogP contribution in [0.5, 0.6) is 0 Å². The van der Waals surface area contributed by atoms with Gasteiger partial charge in [0.05, 0.1) is 5.56 Å². The van der Waals surface area contributed by atoms with Crippen LogP contribution in [0.3, 0.4) is 0 Å². The second kappa shape index (κ2) is 6.54. The van der Waals surface area contributed by atoms with E-state index in [9.17, 15) is 4.79 Å². The summed E-state index contributed by atoms with van der Waals surface area (Å²) in [4.78, 5) is 16.4. The van der Waals surface area contributed by atoms with Crippen LogP contribution in [-0.2, 0) is 0 Å². The number of aliphatic hydroxyl groups is 1. The number of amides is 1. The highest BCUT2D eigenvalue weighted by molar-refractivity contribution is 5.93. The lowest BCUT2D eigenvalue weighted by molar-refractivity contribution is 0.0928. The highest BCUT2D eigenvalue weighted by Gasteiger charge is 2.18. The number of hydrogen-bond donors (Lipinski definition) is 2. The van der Waals surface area contributed by atoms with E-state index in [-0.39, 0.29) is 17.9 Å². The van der Waals surface area contributed by atoms with Crippen molar-refractivity contribution >= 4 is 5.91 Å². The molecule has 0 aromatic carbocycles. The third-order valence-electron chi connectivity index (χ3n) is 3.40. The van der Waals surface area contributed by atoms with E-state index in [0.29, 0.717) is 18.5 Å². The Morgan fingerprint density at radius 3 is 2.62 bits per heavy atom. The largest absolute Gasteiger partial charge is 0.396 e. The van der Waals surface area contributed by atoms with E-state index in [4.69, 9.17) is 5.11 Å². The monoisotopic (exact) mass is 287 g/mol. The van der Waals surface area contributed by atoms with Crippen molar-refractivity contribution in [1.29, 1.82) is 0 Å². The lowest BCUT2D eigenvalue weighted by Crippen LogP contribution is -2.34. The maximum absolute atomic E-state index is 12.1. The van der Waals surface area contributed by atoms with E-state index in [1.807, 2.05) is 49.0 Å². The first-order chi connectivity index (χ1) is 10.0. The zero-order chi connectivity index (χ0) is 15.3. The summed E-state index contributed by atoms with van der Waals surface area (Å²) in [6.45, 7) is 4.66. The minimum atomic E-state index is -0.146. The van der Waals surface area contributed by atoms with Crippen LogP contribution >= 0.6 is 0 Å². The average molecular weight is 287 g/mol. The predicted octanol–water partition coefficient (Wildman–Crippen LogP) is 2.01. The molecule has 5 nitrogen and oxygen atoms in total. The molecule has 0 saturated heterocycles. The number of aromatic nitrogens is 2. The normalized spacial score (nSPS) is 11.4. The first kappa shape index (κ1) is 15.3. The van der Waals surface area contributed by atoms with E-state index in [1.165, 1.54) is 0 Å². The van der Waals surface area contributed by atoms with Gasteiger partial charge >= 0.3 is 0 Å². The van der Waals surface area contributed by atoms with E-state index in [0.717, 1.165) is 5.82 Å². The molecule has 5 heteroatoms. The molecular formula is C16H21N3O2. The molecule has 0 saturated carbocycles. The minimum Gasteiger partial charge on any atom is -0.396 e. The Morgan fingerprint density at radius 2 is 2.05 bits per heavy atom. The van der Waals surface area contributed by atoms with Gasteiger partial charge < -0.3 is 15.0 Å². The molecule has 0 aliphatic carbocycles. The van der Waals surface area contributed by atoms with E-state index >= 15 is 0 Å². The lowest BCUT2D eigenvalue weighted by Gasteiger charge is -2.23. The van der Waals surface area contributed by atoms with E-state index in [1.54, 1.807) is 12.3 Å². The first-order valence-electron chi connectivity index (χ1n) is 7.00. The highest BCUT2D eigenvalue weighted by atomic mass is 16.3. The van der Waals surface area contributed by atoms with Gasteiger partial charge in [0.1, 0.15) is 5.82 Å².